The van der Waals surface area contributed by atoms with E-state index in [0.717, 1.165) is 19.4 Å². The highest BCUT2D eigenvalue weighted by Gasteiger charge is 2.24. The van der Waals surface area contributed by atoms with Crippen LogP contribution in [-0.2, 0) is 4.79 Å². The summed E-state index contributed by atoms with van der Waals surface area (Å²) in [6, 6.07) is 7.49. The smallest absolute Gasteiger partial charge is 0.239 e. The first-order valence-electron chi connectivity index (χ1n) is 6.96. The van der Waals surface area contributed by atoms with E-state index in [9.17, 15) is 4.79 Å². The second kappa shape index (κ2) is 7.14. The number of methoxy groups -OCH3 is 1. The maximum Gasteiger partial charge on any atom is 0.239 e. The average molecular weight is 278 g/mol. The van der Waals surface area contributed by atoms with Crippen LogP contribution in [0.2, 0.25) is 0 Å². The summed E-state index contributed by atoms with van der Waals surface area (Å²) in [6.45, 7) is 1.95. The van der Waals surface area contributed by atoms with Gasteiger partial charge in [0, 0.05) is 7.05 Å². The minimum absolute atomic E-state index is 0.0220. The van der Waals surface area contributed by atoms with Crippen molar-refractivity contribution in [1.82, 2.24) is 10.2 Å². The molecule has 0 aromatic heterocycles. The molecule has 0 radical (unpaired) electrons. The molecule has 1 unspecified atom stereocenters. The van der Waals surface area contributed by atoms with Gasteiger partial charge in [0.05, 0.1) is 19.7 Å². The predicted octanol–water partition coefficient (Wildman–Crippen LogP) is 1.28. The Morgan fingerprint density at radius 1 is 1.40 bits per heavy atom. The highest BCUT2D eigenvalue weighted by molar-refractivity contribution is 5.81. The van der Waals surface area contributed by atoms with Crippen LogP contribution in [0.4, 0.5) is 0 Å². The lowest BCUT2D eigenvalue weighted by atomic mass is 10.2. The average Bonchev–Trinajstić information content (AvgIpc) is 3.01. The number of likely N-dealkylation sites (N-methyl/N-ethyl adjacent to an activating group) is 1. The number of para-hydroxylation sites is 2. The Kier molecular flexibility index (Phi) is 5.24. The molecule has 1 aliphatic heterocycles. The second-order valence-corrected chi connectivity index (χ2v) is 4.91. The summed E-state index contributed by atoms with van der Waals surface area (Å²) in [7, 11) is 3.43. The molecule has 0 saturated carbocycles. The standard InChI is InChI=1S/C15H22N2O3/c1-17(15(18)12-6-5-9-16-12)10-11-20-14-8-4-3-7-13(14)19-2/h3-4,7-8,12,16H,5-6,9-11H2,1-2H3. The van der Waals surface area contributed by atoms with Crippen molar-refractivity contribution in [3.63, 3.8) is 0 Å². The van der Waals surface area contributed by atoms with E-state index in [-0.39, 0.29) is 11.9 Å². The van der Waals surface area contributed by atoms with Gasteiger partial charge in [-0.05, 0) is 31.5 Å². The summed E-state index contributed by atoms with van der Waals surface area (Å²) in [4.78, 5) is 13.8. The van der Waals surface area contributed by atoms with Crippen molar-refractivity contribution in [3.05, 3.63) is 24.3 Å². The lowest BCUT2D eigenvalue weighted by Gasteiger charge is -2.21. The van der Waals surface area contributed by atoms with Crippen molar-refractivity contribution in [2.45, 2.75) is 18.9 Å². The van der Waals surface area contributed by atoms with Crippen LogP contribution in [0, 0.1) is 0 Å². The summed E-state index contributed by atoms with van der Waals surface area (Å²) < 4.78 is 10.9. The zero-order valence-corrected chi connectivity index (χ0v) is 12.1. The van der Waals surface area contributed by atoms with Crippen molar-refractivity contribution in [2.24, 2.45) is 0 Å². The Hall–Kier alpha value is -1.75. The van der Waals surface area contributed by atoms with Crippen LogP contribution in [0.25, 0.3) is 0 Å². The van der Waals surface area contributed by atoms with Gasteiger partial charge in [-0.1, -0.05) is 12.1 Å². The maximum absolute atomic E-state index is 12.1. The second-order valence-electron chi connectivity index (χ2n) is 4.91. The third-order valence-corrected chi connectivity index (χ3v) is 3.49. The molecule has 1 N–H and O–H groups in total. The van der Waals surface area contributed by atoms with Gasteiger partial charge in [0.1, 0.15) is 6.61 Å². The van der Waals surface area contributed by atoms with E-state index in [1.807, 2.05) is 31.3 Å². The molecule has 1 aromatic rings. The van der Waals surface area contributed by atoms with Crippen molar-refractivity contribution >= 4 is 5.91 Å². The molecular formula is C15H22N2O3. The molecule has 1 atom stereocenters. The van der Waals surface area contributed by atoms with Gasteiger partial charge in [-0.3, -0.25) is 4.79 Å². The first-order valence-corrected chi connectivity index (χ1v) is 6.96. The Labute approximate surface area is 119 Å². The first-order chi connectivity index (χ1) is 9.72. The number of benzene rings is 1. The normalized spacial score (nSPS) is 17.8. The van der Waals surface area contributed by atoms with E-state index in [4.69, 9.17) is 9.47 Å². The van der Waals surface area contributed by atoms with Crippen molar-refractivity contribution in [2.75, 3.05) is 33.9 Å². The molecule has 1 aromatic carbocycles. The Morgan fingerprint density at radius 2 is 2.15 bits per heavy atom. The highest BCUT2D eigenvalue weighted by Crippen LogP contribution is 2.25. The fourth-order valence-electron chi connectivity index (χ4n) is 2.30. The lowest BCUT2D eigenvalue weighted by molar-refractivity contribution is -0.132. The van der Waals surface area contributed by atoms with Gasteiger partial charge in [0.25, 0.3) is 0 Å². The number of amides is 1. The molecule has 1 fully saturated rings. The van der Waals surface area contributed by atoms with Crippen LogP contribution in [0.1, 0.15) is 12.8 Å². The van der Waals surface area contributed by atoms with Crippen LogP contribution >= 0.6 is 0 Å². The monoisotopic (exact) mass is 278 g/mol. The SMILES string of the molecule is COc1ccccc1OCCN(C)C(=O)C1CCCN1. The minimum Gasteiger partial charge on any atom is -0.493 e. The molecule has 20 heavy (non-hydrogen) atoms. The number of rotatable bonds is 6. The van der Waals surface area contributed by atoms with Crippen molar-refractivity contribution in [1.29, 1.82) is 0 Å². The van der Waals surface area contributed by atoms with Gasteiger partial charge in [0.2, 0.25) is 5.91 Å². The molecule has 1 amide bonds. The third-order valence-electron chi connectivity index (χ3n) is 3.49. The van der Waals surface area contributed by atoms with E-state index >= 15 is 0 Å². The number of nitrogens with one attached hydrogen (secondary N) is 1. The number of ether oxygens (including phenoxy) is 2. The number of nitrogens with zero attached hydrogens (tertiary/aromatic N) is 1. The van der Waals surface area contributed by atoms with Gasteiger partial charge < -0.3 is 19.7 Å². The quantitative estimate of drug-likeness (QED) is 0.852. The van der Waals surface area contributed by atoms with Crippen LogP contribution in [0.15, 0.2) is 24.3 Å². The first kappa shape index (κ1) is 14.7. The third kappa shape index (κ3) is 3.63. The predicted molar refractivity (Wildman–Crippen MR) is 77.2 cm³/mol. The van der Waals surface area contributed by atoms with Gasteiger partial charge in [-0.2, -0.15) is 0 Å². The molecule has 0 spiro atoms. The molecule has 1 aliphatic rings. The van der Waals surface area contributed by atoms with Crippen LogP contribution < -0.4 is 14.8 Å². The van der Waals surface area contributed by atoms with Crippen LogP contribution in [0.3, 0.4) is 0 Å². The Morgan fingerprint density at radius 3 is 2.80 bits per heavy atom. The molecule has 0 bridgehead atoms. The molecule has 110 valence electrons. The molecular weight excluding hydrogens is 256 g/mol. The minimum atomic E-state index is -0.0220. The van der Waals surface area contributed by atoms with Gasteiger partial charge >= 0.3 is 0 Å². The molecule has 1 heterocycles. The summed E-state index contributed by atoms with van der Waals surface area (Å²) >= 11 is 0. The van der Waals surface area contributed by atoms with Crippen molar-refractivity contribution < 1.29 is 14.3 Å². The van der Waals surface area contributed by atoms with Gasteiger partial charge in [-0.15, -0.1) is 0 Å². The fraction of sp³-hybridized carbons (Fsp3) is 0.533. The summed E-state index contributed by atoms with van der Waals surface area (Å²) in [5.41, 5.74) is 0. The Bertz CT molecular complexity index is 444. The van der Waals surface area contributed by atoms with E-state index in [1.165, 1.54) is 0 Å². The van der Waals surface area contributed by atoms with E-state index in [2.05, 4.69) is 5.32 Å². The molecule has 1 saturated heterocycles. The molecule has 0 aliphatic carbocycles. The number of carbonyl (C=O) groups excluding carboxylic acids is 1. The van der Waals surface area contributed by atoms with Crippen LogP contribution in [-0.4, -0.2) is 50.7 Å². The Balaban J connectivity index is 1.78. The largest absolute Gasteiger partial charge is 0.493 e. The summed E-state index contributed by atoms with van der Waals surface area (Å²) in [5, 5.41) is 3.21. The number of hydrogen-bond acceptors (Lipinski definition) is 4. The number of hydrogen-bond donors (Lipinski definition) is 1. The lowest BCUT2D eigenvalue weighted by Crippen LogP contribution is -2.43. The van der Waals surface area contributed by atoms with E-state index in [0.29, 0.717) is 24.7 Å². The summed E-state index contributed by atoms with van der Waals surface area (Å²) in [5.74, 6) is 1.56. The zero-order chi connectivity index (χ0) is 14.4. The fourth-order valence-corrected chi connectivity index (χ4v) is 2.30. The molecule has 5 nitrogen and oxygen atoms in total. The highest BCUT2D eigenvalue weighted by atomic mass is 16.5. The van der Waals surface area contributed by atoms with Crippen LogP contribution in [0.5, 0.6) is 11.5 Å². The van der Waals surface area contributed by atoms with Gasteiger partial charge in [-0.25, -0.2) is 0 Å². The number of carbonyl (C=O) groups is 1. The van der Waals surface area contributed by atoms with Crippen molar-refractivity contribution in [3.8, 4) is 11.5 Å². The van der Waals surface area contributed by atoms with Gasteiger partial charge in [0.15, 0.2) is 11.5 Å². The van der Waals surface area contributed by atoms with E-state index < -0.39 is 0 Å². The summed E-state index contributed by atoms with van der Waals surface area (Å²) in [6.07, 6.45) is 2.00. The zero-order valence-electron chi connectivity index (χ0n) is 12.1. The topological polar surface area (TPSA) is 50.8 Å². The molecule has 2 rings (SSSR count). The molecule has 5 heteroatoms. The maximum atomic E-state index is 12.1. The van der Waals surface area contributed by atoms with E-state index in [1.54, 1.807) is 12.0 Å².